The first kappa shape index (κ1) is 18.5. The molecule has 1 N–H and O–H groups in total. The number of likely N-dealkylation sites (tertiary alicyclic amines) is 1. The number of carbonyl (C=O) groups is 2. The van der Waals surface area contributed by atoms with Crippen molar-refractivity contribution in [1.29, 1.82) is 5.26 Å². The molecule has 2 amide bonds. The fourth-order valence-electron chi connectivity index (χ4n) is 3.13. The minimum atomic E-state index is -0.749. The molecule has 2 aromatic carbocycles. The average molecular weight is 363 g/mol. The van der Waals surface area contributed by atoms with Crippen LogP contribution in [0.2, 0.25) is 0 Å². The van der Waals surface area contributed by atoms with Crippen molar-refractivity contribution in [1.82, 2.24) is 10.2 Å². The van der Waals surface area contributed by atoms with Gasteiger partial charge in [0, 0.05) is 6.54 Å². The van der Waals surface area contributed by atoms with E-state index in [-0.39, 0.29) is 12.5 Å². The van der Waals surface area contributed by atoms with Crippen LogP contribution < -0.4 is 5.32 Å². The van der Waals surface area contributed by atoms with Gasteiger partial charge in [0.1, 0.15) is 18.7 Å². The van der Waals surface area contributed by atoms with Crippen molar-refractivity contribution < 1.29 is 14.3 Å². The highest BCUT2D eigenvalue weighted by molar-refractivity contribution is 5.86. The zero-order valence-electron chi connectivity index (χ0n) is 14.9. The van der Waals surface area contributed by atoms with Crippen molar-refractivity contribution in [2.75, 3.05) is 6.54 Å². The standard InChI is InChI=1S/C21H21N3O3/c22-14-18(17-10-5-2-6-11-17)23-20(25)19-12-7-13-24(19)21(26)27-15-16-8-3-1-4-9-16/h1-6,8-11,18-19H,7,12-13,15H2,(H,23,25)/t18?,19-/m0/s1. The number of hydrogen-bond donors (Lipinski definition) is 1. The summed E-state index contributed by atoms with van der Waals surface area (Å²) >= 11 is 0. The maximum absolute atomic E-state index is 12.7. The Bertz CT molecular complexity index is 818. The minimum Gasteiger partial charge on any atom is -0.445 e. The van der Waals surface area contributed by atoms with Crippen LogP contribution in [0.5, 0.6) is 0 Å². The Hall–Kier alpha value is -3.33. The highest BCUT2D eigenvalue weighted by Crippen LogP contribution is 2.21. The summed E-state index contributed by atoms with van der Waals surface area (Å²) in [6, 6.07) is 19.2. The van der Waals surface area contributed by atoms with E-state index in [1.807, 2.05) is 48.5 Å². The largest absolute Gasteiger partial charge is 0.445 e. The van der Waals surface area contributed by atoms with E-state index in [0.29, 0.717) is 18.5 Å². The van der Waals surface area contributed by atoms with Gasteiger partial charge < -0.3 is 10.1 Å². The SMILES string of the molecule is N#CC(NC(=O)[C@@H]1CCCN1C(=O)OCc1ccccc1)c1ccccc1. The molecule has 1 unspecified atom stereocenters. The van der Waals surface area contributed by atoms with Crippen LogP contribution in [-0.2, 0) is 16.1 Å². The average Bonchev–Trinajstić information content (AvgIpc) is 3.21. The van der Waals surface area contributed by atoms with E-state index in [2.05, 4.69) is 11.4 Å². The van der Waals surface area contributed by atoms with Gasteiger partial charge in [-0.2, -0.15) is 5.26 Å². The number of nitrogens with zero attached hydrogens (tertiary/aromatic N) is 2. The van der Waals surface area contributed by atoms with Crippen molar-refractivity contribution >= 4 is 12.0 Å². The predicted octanol–water partition coefficient (Wildman–Crippen LogP) is 3.17. The molecule has 0 radical (unpaired) electrons. The zero-order valence-corrected chi connectivity index (χ0v) is 14.9. The Balaban J connectivity index is 1.60. The monoisotopic (exact) mass is 363 g/mol. The van der Waals surface area contributed by atoms with Gasteiger partial charge in [-0.05, 0) is 24.0 Å². The van der Waals surface area contributed by atoms with Gasteiger partial charge in [0.05, 0.1) is 6.07 Å². The lowest BCUT2D eigenvalue weighted by Gasteiger charge is -2.24. The summed E-state index contributed by atoms with van der Waals surface area (Å²) in [5.74, 6) is -0.334. The topological polar surface area (TPSA) is 82.4 Å². The summed E-state index contributed by atoms with van der Waals surface area (Å²) < 4.78 is 5.35. The second-order valence-electron chi connectivity index (χ2n) is 6.37. The van der Waals surface area contributed by atoms with Crippen LogP contribution in [0.3, 0.4) is 0 Å². The Labute approximate surface area is 158 Å². The molecule has 27 heavy (non-hydrogen) atoms. The van der Waals surface area contributed by atoms with Crippen LogP contribution in [0.25, 0.3) is 0 Å². The summed E-state index contributed by atoms with van der Waals surface area (Å²) in [5, 5.41) is 12.1. The number of ether oxygens (including phenoxy) is 1. The van der Waals surface area contributed by atoms with Gasteiger partial charge in [-0.25, -0.2) is 4.79 Å². The highest BCUT2D eigenvalue weighted by atomic mass is 16.6. The van der Waals surface area contributed by atoms with E-state index in [1.165, 1.54) is 4.90 Å². The minimum absolute atomic E-state index is 0.162. The molecule has 6 nitrogen and oxygen atoms in total. The van der Waals surface area contributed by atoms with Crippen molar-refractivity contribution in [2.24, 2.45) is 0 Å². The Kier molecular flexibility index (Phi) is 6.06. The molecular weight excluding hydrogens is 342 g/mol. The second kappa shape index (κ2) is 8.86. The fraction of sp³-hybridized carbons (Fsp3) is 0.286. The molecule has 0 saturated carbocycles. The van der Waals surface area contributed by atoms with Gasteiger partial charge >= 0.3 is 6.09 Å². The Morgan fingerprint density at radius 2 is 1.81 bits per heavy atom. The third kappa shape index (κ3) is 4.64. The number of rotatable bonds is 5. The van der Waals surface area contributed by atoms with Gasteiger partial charge in [0.2, 0.25) is 5.91 Å². The quantitative estimate of drug-likeness (QED) is 0.884. The Morgan fingerprint density at radius 3 is 2.48 bits per heavy atom. The smallest absolute Gasteiger partial charge is 0.410 e. The maximum atomic E-state index is 12.7. The van der Waals surface area contributed by atoms with Crippen LogP contribution in [0.4, 0.5) is 4.79 Å². The molecule has 0 aliphatic carbocycles. The van der Waals surface area contributed by atoms with Crippen molar-refractivity contribution in [2.45, 2.75) is 31.5 Å². The first-order chi connectivity index (χ1) is 13.2. The van der Waals surface area contributed by atoms with E-state index >= 15 is 0 Å². The number of nitriles is 1. The summed E-state index contributed by atoms with van der Waals surface area (Å²) in [6.07, 6.45) is 0.769. The molecule has 1 fully saturated rings. The lowest BCUT2D eigenvalue weighted by atomic mass is 10.1. The molecular formula is C21H21N3O3. The molecule has 2 atom stereocenters. The van der Waals surface area contributed by atoms with E-state index < -0.39 is 18.2 Å². The molecule has 1 heterocycles. The molecule has 138 valence electrons. The molecule has 0 spiro atoms. The fourth-order valence-corrected chi connectivity index (χ4v) is 3.13. The van der Waals surface area contributed by atoms with Crippen LogP contribution in [-0.4, -0.2) is 29.5 Å². The summed E-state index contributed by atoms with van der Waals surface area (Å²) in [5.41, 5.74) is 1.60. The van der Waals surface area contributed by atoms with E-state index in [1.54, 1.807) is 12.1 Å². The van der Waals surface area contributed by atoms with E-state index in [0.717, 1.165) is 12.0 Å². The molecule has 1 aliphatic rings. The van der Waals surface area contributed by atoms with Gasteiger partial charge in [-0.1, -0.05) is 60.7 Å². The third-order valence-corrected chi connectivity index (χ3v) is 4.54. The number of amides is 2. The van der Waals surface area contributed by atoms with Crippen LogP contribution >= 0.6 is 0 Å². The summed E-state index contributed by atoms with van der Waals surface area (Å²) in [7, 11) is 0. The highest BCUT2D eigenvalue weighted by Gasteiger charge is 2.36. The normalized spacial score (nSPS) is 17.0. The van der Waals surface area contributed by atoms with Crippen molar-refractivity contribution in [3.63, 3.8) is 0 Å². The first-order valence-electron chi connectivity index (χ1n) is 8.91. The number of hydrogen-bond acceptors (Lipinski definition) is 4. The molecule has 1 saturated heterocycles. The van der Waals surface area contributed by atoms with E-state index in [9.17, 15) is 14.9 Å². The van der Waals surface area contributed by atoms with Crippen molar-refractivity contribution in [3.05, 3.63) is 71.8 Å². The first-order valence-corrected chi connectivity index (χ1v) is 8.91. The van der Waals surface area contributed by atoms with Gasteiger partial charge in [0.25, 0.3) is 0 Å². The number of carbonyl (C=O) groups excluding carboxylic acids is 2. The van der Waals surface area contributed by atoms with Gasteiger partial charge in [0.15, 0.2) is 0 Å². The molecule has 0 bridgehead atoms. The maximum Gasteiger partial charge on any atom is 0.410 e. The van der Waals surface area contributed by atoms with Crippen molar-refractivity contribution in [3.8, 4) is 6.07 Å². The zero-order chi connectivity index (χ0) is 19.1. The predicted molar refractivity (Wildman–Crippen MR) is 99.3 cm³/mol. The summed E-state index contributed by atoms with van der Waals surface area (Å²) in [4.78, 5) is 26.5. The third-order valence-electron chi connectivity index (χ3n) is 4.54. The molecule has 6 heteroatoms. The van der Waals surface area contributed by atoms with E-state index in [4.69, 9.17) is 4.74 Å². The summed E-state index contributed by atoms with van der Waals surface area (Å²) in [6.45, 7) is 0.629. The number of benzene rings is 2. The molecule has 1 aliphatic heterocycles. The molecule has 3 rings (SSSR count). The second-order valence-corrected chi connectivity index (χ2v) is 6.37. The van der Waals surface area contributed by atoms with Gasteiger partial charge in [-0.15, -0.1) is 0 Å². The van der Waals surface area contributed by atoms with Crippen LogP contribution in [0, 0.1) is 11.3 Å². The Morgan fingerprint density at radius 1 is 1.15 bits per heavy atom. The number of nitrogens with one attached hydrogen (secondary N) is 1. The molecule has 2 aromatic rings. The van der Waals surface area contributed by atoms with Crippen LogP contribution in [0.1, 0.15) is 30.0 Å². The lowest BCUT2D eigenvalue weighted by molar-refractivity contribution is -0.125. The molecule has 0 aromatic heterocycles. The lowest BCUT2D eigenvalue weighted by Crippen LogP contribution is -2.46. The van der Waals surface area contributed by atoms with Crippen LogP contribution in [0.15, 0.2) is 60.7 Å². The van der Waals surface area contributed by atoms with Gasteiger partial charge in [-0.3, -0.25) is 9.69 Å².